The lowest BCUT2D eigenvalue weighted by molar-refractivity contribution is -0.276. The maximum atomic E-state index is 12.6. The Morgan fingerprint density at radius 2 is 1.64 bits per heavy atom. The van der Waals surface area contributed by atoms with E-state index in [9.17, 15) is 9.90 Å². The first-order chi connectivity index (χ1) is 21.9. The molecule has 230 valence electrons. The zero-order valence-electron chi connectivity index (χ0n) is 25.8. The Bertz CT molecular complexity index is 1730. The van der Waals surface area contributed by atoms with Crippen molar-refractivity contribution in [1.82, 2.24) is 9.88 Å². The van der Waals surface area contributed by atoms with Crippen molar-refractivity contribution < 1.29 is 19.4 Å². The number of pyridine rings is 1. The van der Waals surface area contributed by atoms with Crippen LogP contribution in [0.15, 0.2) is 116 Å². The Balaban J connectivity index is 1.22. The standard InChI is InChI=1S/C38H39N3O4/c1-25-35(23-41(3)26(2)31-15-14-28-7-4-5-8-32(28)21-31)44-38(45-36(25)29-12-10-27(24-42)11-13-29)30-16-18-34(19-17-30)40-37(43)33-9-6-20-39-22-33/h4-22,25-26,35-36,38,42H,23-24H2,1-3H3,(H,40,43)/t25-,26+,35+,36+,38+/m0/s1. The van der Waals surface area contributed by atoms with Crippen molar-refractivity contribution in [3.8, 4) is 0 Å². The van der Waals surface area contributed by atoms with Crippen molar-refractivity contribution in [2.24, 2.45) is 5.92 Å². The first kappa shape index (κ1) is 30.6. The van der Waals surface area contributed by atoms with Crippen LogP contribution in [0.3, 0.4) is 0 Å². The number of aliphatic hydroxyl groups excluding tert-OH is 1. The number of carbonyl (C=O) groups is 1. The van der Waals surface area contributed by atoms with Gasteiger partial charge in [-0.05, 0) is 71.8 Å². The van der Waals surface area contributed by atoms with E-state index in [0.29, 0.717) is 17.8 Å². The van der Waals surface area contributed by atoms with Gasteiger partial charge in [0.1, 0.15) is 0 Å². The SMILES string of the molecule is C[C@H]1[C@@H](CN(C)[C@H](C)c2ccc3ccccc3c2)O[C@@H](c2ccc(NC(=O)c3cccnc3)cc2)O[C@H]1c1ccc(CO)cc1. The van der Waals surface area contributed by atoms with Gasteiger partial charge in [-0.15, -0.1) is 0 Å². The van der Waals surface area contributed by atoms with Gasteiger partial charge in [-0.1, -0.05) is 79.7 Å². The molecule has 0 spiro atoms. The summed E-state index contributed by atoms with van der Waals surface area (Å²) in [5.41, 5.74) is 5.20. The molecule has 0 unspecified atom stereocenters. The zero-order chi connectivity index (χ0) is 31.3. The number of aromatic nitrogens is 1. The van der Waals surface area contributed by atoms with E-state index in [1.807, 2.05) is 48.5 Å². The smallest absolute Gasteiger partial charge is 0.257 e. The number of nitrogens with one attached hydrogen (secondary N) is 1. The molecule has 2 heterocycles. The fourth-order valence-corrected chi connectivity index (χ4v) is 5.92. The lowest BCUT2D eigenvalue weighted by Crippen LogP contribution is -2.44. The molecule has 0 bridgehead atoms. The normalized spacial score (nSPS) is 20.6. The number of anilines is 1. The van der Waals surface area contributed by atoms with Crippen LogP contribution in [0.2, 0.25) is 0 Å². The van der Waals surface area contributed by atoms with Crippen LogP contribution < -0.4 is 5.32 Å². The van der Waals surface area contributed by atoms with Crippen LogP contribution in [-0.4, -0.2) is 40.6 Å². The van der Waals surface area contributed by atoms with Crippen LogP contribution in [0, 0.1) is 5.92 Å². The molecule has 1 fully saturated rings. The van der Waals surface area contributed by atoms with E-state index < -0.39 is 6.29 Å². The maximum absolute atomic E-state index is 12.6. The number of aliphatic hydroxyl groups is 1. The third kappa shape index (κ3) is 6.97. The minimum atomic E-state index is -0.596. The van der Waals surface area contributed by atoms with Gasteiger partial charge in [0.2, 0.25) is 0 Å². The van der Waals surface area contributed by atoms with Crippen molar-refractivity contribution in [2.75, 3.05) is 18.9 Å². The highest BCUT2D eigenvalue weighted by Crippen LogP contribution is 2.42. The Hall–Kier alpha value is -4.40. The van der Waals surface area contributed by atoms with Crippen LogP contribution in [-0.2, 0) is 16.1 Å². The molecular formula is C38H39N3O4. The molecule has 0 aliphatic carbocycles. The van der Waals surface area contributed by atoms with Gasteiger partial charge >= 0.3 is 0 Å². The Morgan fingerprint density at radius 1 is 0.911 bits per heavy atom. The van der Waals surface area contributed by atoms with E-state index in [0.717, 1.165) is 16.7 Å². The molecule has 7 nitrogen and oxygen atoms in total. The second kappa shape index (κ2) is 13.7. The predicted octanol–water partition coefficient (Wildman–Crippen LogP) is 7.46. The fraction of sp³-hybridized carbons (Fsp3) is 0.263. The number of benzene rings is 4. The van der Waals surface area contributed by atoms with Crippen LogP contribution in [0.5, 0.6) is 0 Å². The molecule has 5 atom stereocenters. The van der Waals surface area contributed by atoms with Crippen molar-refractivity contribution in [2.45, 2.75) is 45.0 Å². The Morgan fingerprint density at radius 3 is 2.36 bits per heavy atom. The summed E-state index contributed by atoms with van der Waals surface area (Å²) in [4.78, 5) is 19.0. The van der Waals surface area contributed by atoms with Crippen LogP contribution in [0.25, 0.3) is 10.8 Å². The summed E-state index contributed by atoms with van der Waals surface area (Å²) >= 11 is 0. The van der Waals surface area contributed by atoms with Crippen molar-refractivity contribution in [3.63, 3.8) is 0 Å². The zero-order valence-corrected chi connectivity index (χ0v) is 25.8. The molecule has 2 N–H and O–H groups in total. The molecule has 5 aromatic rings. The molecule has 4 aromatic carbocycles. The third-order valence-electron chi connectivity index (χ3n) is 8.87. The van der Waals surface area contributed by atoms with Gasteiger partial charge < -0.3 is 19.9 Å². The lowest BCUT2D eigenvalue weighted by atomic mass is 9.89. The van der Waals surface area contributed by atoms with Gasteiger partial charge in [-0.25, -0.2) is 0 Å². The molecule has 1 saturated heterocycles. The molecular weight excluding hydrogens is 562 g/mol. The summed E-state index contributed by atoms with van der Waals surface area (Å²) in [6.07, 6.45) is 2.25. The van der Waals surface area contributed by atoms with Crippen LogP contribution in [0.1, 0.15) is 64.9 Å². The van der Waals surface area contributed by atoms with Gasteiger partial charge in [0, 0.05) is 42.1 Å². The maximum Gasteiger partial charge on any atom is 0.257 e. The third-order valence-corrected chi connectivity index (χ3v) is 8.87. The monoisotopic (exact) mass is 601 g/mol. The topological polar surface area (TPSA) is 83.9 Å². The molecule has 0 saturated carbocycles. The minimum Gasteiger partial charge on any atom is -0.392 e. The summed E-state index contributed by atoms with van der Waals surface area (Å²) in [6.45, 7) is 5.11. The number of fused-ring (bicyclic) bond motifs is 1. The molecule has 1 aromatic heterocycles. The number of amides is 1. The number of hydrogen-bond acceptors (Lipinski definition) is 6. The van der Waals surface area contributed by atoms with Gasteiger partial charge in [-0.3, -0.25) is 14.7 Å². The first-order valence-electron chi connectivity index (χ1n) is 15.4. The van der Waals surface area contributed by atoms with Gasteiger partial charge in [-0.2, -0.15) is 0 Å². The second-order valence-electron chi connectivity index (χ2n) is 11.9. The van der Waals surface area contributed by atoms with Crippen molar-refractivity contribution >= 4 is 22.4 Å². The predicted molar refractivity (Wildman–Crippen MR) is 177 cm³/mol. The fourth-order valence-electron chi connectivity index (χ4n) is 5.92. The van der Waals surface area contributed by atoms with E-state index in [2.05, 4.69) is 78.6 Å². The summed E-state index contributed by atoms with van der Waals surface area (Å²) in [6, 6.07) is 34.3. The molecule has 1 aliphatic heterocycles. The van der Waals surface area contributed by atoms with Crippen molar-refractivity contribution in [1.29, 1.82) is 0 Å². The van der Waals surface area contributed by atoms with E-state index in [4.69, 9.17) is 9.47 Å². The quantitative estimate of drug-likeness (QED) is 0.182. The van der Waals surface area contributed by atoms with E-state index in [-0.39, 0.29) is 36.7 Å². The number of ether oxygens (including phenoxy) is 2. The molecule has 0 radical (unpaired) electrons. The summed E-state index contributed by atoms with van der Waals surface area (Å²) in [5.74, 6) is -0.157. The highest BCUT2D eigenvalue weighted by atomic mass is 16.7. The molecule has 7 heteroatoms. The highest BCUT2D eigenvalue weighted by molar-refractivity contribution is 6.04. The van der Waals surface area contributed by atoms with Crippen LogP contribution >= 0.6 is 0 Å². The largest absolute Gasteiger partial charge is 0.392 e. The molecule has 6 rings (SSSR count). The van der Waals surface area contributed by atoms with Crippen LogP contribution in [0.4, 0.5) is 5.69 Å². The number of likely N-dealkylation sites (N-methyl/N-ethyl adjacent to an activating group) is 1. The number of hydrogen-bond donors (Lipinski definition) is 2. The average molecular weight is 602 g/mol. The van der Waals surface area contributed by atoms with Gasteiger partial charge in [0.25, 0.3) is 5.91 Å². The minimum absolute atomic E-state index is 0.00313. The van der Waals surface area contributed by atoms with Crippen molar-refractivity contribution in [3.05, 3.63) is 143 Å². The summed E-state index contributed by atoms with van der Waals surface area (Å²) in [5, 5.41) is 15.0. The number of nitrogens with zero attached hydrogens (tertiary/aromatic N) is 2. The average Bonchev–Trinajstić information content (AvgIpc) is 3.09. The number of rotatable bonds is 9. The molecule has 1 aliphatic rings. The second-order valence-corrected chi connectivity index (χ2v) is 11.9. The van der Waals surface area contributed by atoms with E-state index >= 15 is 0 Å². The lowest BCUT2D eigenvalue weighted by Gasteiger charge is -2.43. The Kier molecular flexibility index (Phi) is 9.33. The van der Waals surface area contributed by atoms with E-state index in [1.165, 1.54) is 16.3 Å². The first-order valence-corrected chi connectivity index (χ1v) is 15.4. The summed E-state index contributed by atoms with van der Waals surface area (Å²) in [7, 11) is 2.14. The highest BCUT2D eigenvalue weighted by Gasteiger charge is 2.39. The van der Waals surface area contributed by atoms with E-state index in [1.54, 1.807) is 24.5 Å². The van der Waals surface area contributed by atoms with Gasteiger partial charge in [0.05, 0.1) is 24.4 Å². The van der Waals surface area contributed by atoms with Gasteiger partial charge in [0.15, 0.2) is 6.29 Å². The molecule has 45 heavy (non-hydrogen) atoms. The Labute approximate surface area is 264 Å². The molecule has 1 amide bonds. The summed E-state index contributed by atoms with van der Waals surface area (Å²) < 4.78 is 13.3. The number of carbonyl (C=O) groups excluding carboxylic acids is 1.